The topological polar surface area (TPSA) is 55.9 Å². The summed E-state index contributed by atoms with van der Waals surface area (Å²) in [5, 5.41) is 8.07. The highest BCUT2D eigenvalue weighted by Gasteiger charge is 2.17. The molecule has 2 aromatic rings. The van der Waals surface area contributed by atoms with Gasteiger partial charge >= 0.3 is 0 Å². The van der Waals surface area contributed by atoms with Crippen molar-refractivity contribution in [3.8, 4) is 0 Å². The van der Waals surface area contributed by atoms with Gasteiger partial charge in [0.15, 0.2) is 0 Å². The second-order valence-corrected chi connectivity index (χ2v) is 6.02. The lowest BCUT2D eigenvalue weighted by molar-refractivity contribution is 0.342. The normalized spacial score (nSPS) is 22.3. The summed E-state index contributed by atoms with van der Waals surface area (Å²) in [7, 11) is 0. The van der Waals surface area contributed by atoms with E-state index in [-0.39, 0.29) is 0 Å². The second-order valence-electron chi connectivity index (χ2n) is 6.02. The van der Waals surface area contributed by atoms with Gasteiger partial charge in [0, 0.05) is 30.4 Å². The van der Waals surface area contributed by atoms with E-state index in [4.69, 9.17) is 5.73 Å². The largest absolute Gasteiger partial charge is 0.328 e. The van der Waals surface area contributed by atoms with Crippen molar-refractivity contribution in [3.63, 3.8) is 0 Å². The molecule has 1 heterocycles. The molecular formula is C17H24N4. The molecule has 1 aliphatic carbocycles. The SMILES string of the molecule is NC1CCC(NCc2cnn(Cc3ccccc3)c2)CC1. The third-order valence-electron chi connectivity index (χ3n) is 4.24. The van der Waals surface area contributed by atoms with E-state index in [1.54, 1.807) is 0 Å². The summed E-state index contributed by atoms with van der Waals surface area (Å²) in [5.74, 6) is 0. The monoisotopic (exact) mass is 284 g/mol. The molecule has 1 aromatic heterocycles. The molecule has 1 aliphatic rings. The van der Waals surface area contributed by atoms with Crippen molar-refractivity contribution < 1.29 is 0 Å². The maximum atomic E-state index is 5.94. The molecule has 0 aliphatic heterocycles. The molecule has 21 heavy (non-hydrogen) atoms. The number of nitrogens with zero attached hydrogens (tertiary/aromatic N) is 2. The summed E-state index contributed by atoms with van der Waals surface area (Å²) >= 11 is 0. The zero-order chi connectivity index (χ0) is 14.5. The van der Waals surface area contributed by atoms with E-state index in [0.717, 1.165) is 25.9 Å². The fourth-order valence-corrected chi connectivity index (χ4v) is 2.94. The first-order valence-corrected chi connectivity index (χ1v) is 7.84. The van der Waals surface area contributed by atoms with E-state index in [2.05, 4.69) is 40.9 Å². The molecule has 0 radical (unpaired) electrons. The average molecular weight is 284 g/mol. The van der Waals surface area contributed by atoms with Gasteiger partial charge in [-0.1, -0.05) is 30.3 Å². The Kier molecular flexibility index (Phi) is 4.68. The summed E-state index contributed by atoms with van der Waals surface area (Å²) in [6.07, 6.45) is 8.77. The minimum absolute atomic E-state index is 0.414. The quantitative estimate of drug-likeness (QED) is 0.885. The Bertz CT molecular complexity index is 541. The molecule has 1 saturated carbocycles. The van der Waals surface area contributed by atoms with Crippen LogP contribution >= 0.6 is 0 Å². The van der Waals surface area contributed by atoms with Gasteiger partial charge < -0.3 is 11.1 Å². The van der Waals surface area contributed by atoms with Gasteiger partial charge in [0.05, 0.1) is 12.7 Å². The first-order valence-electron chi connectivity index (χ1n) is 7.84. The maximum Gasteiger partial charge on any atom is 0.0659 e. The number of rotatable bonds is 5. The zero-order valence-electron chi connectivity index (χ0n) is 12.4. The summed E-state index contributed by atoms with van der Waals surface area (Å²) in [4.78, 5) is 0. The average Bonchev–Trinajstić information content (AvgIpc) is 2.95. The summed E-state index contributed by atoms with van der Waals surface area (Å²) in [5.41, 5.74) is 8.47. The molecule has 0 unspecified atom stereocenters. The predicted molar refractivity (Wildman–Crippen MR) is 84.8 cm³/mol. The molecule has 4 heteroatoms. The Morgan fingerprint density at radius 1 is 1.10 bits per heavy atom. The van der Waals surface area contributed by atoms with Gasteiger partial charge in [0.25, 0.3) is 0 Å². The van der Waals surface area contributed by atoms with E-state index in [1.165, 1.54) is 24.0 Å². The molecule has 0 atom stereocenters. The number of hydrogen-bond acceptors (Lipinski definition) is 3. The lowest BCUT2D eigenvalue weighted by atomic mass is 9.92. The fourth-order valence-electron chi connectivity index (χ4n) is 2.94. The molecule has 3 rings (SSSR count). The van der Waals surface area contributed by atoms with Crippen molar-refractivity contribution in [2.24, 2.45) is 5.73 Å². The van der Waals surface area contributed by atoms with Crippen molar-refractivity contribution >= 4 is 0 Å². The highest BCUT2D eigenvalue weighted by Crippen LogP contribution is 2.17. The zero-order valence-corrected chi connectivity index (χ0v) is 12.4. The molecule has 1 fully saturated rings. The predicted octanol–water partition coefficient (Wildman–Crippen LogP) is 2.29. The number of hydrogen-bond donors (Lipinski definition) is 2. The van der Waals surface area contributed by atoms with Gasteiger partial charge in [-0.25, -0.2) is 0 Å². The van der Waals surface area contributed by atoms with Gasteiger partial charge in [-0.2, -0.15) is 5.10 Å². The lowest BCUT2D eigenvalue weighted by Crippen LogP contribution is -2.36. The summed E-state index contributed by atoms with van der Waals surface area (Å²) in [6, 6.07) is 11.5. The number of nitrogens with two attached hydrogens (primary N) is 1. The van der Waals surface area contributed by atoms with Gasteiger partial charge in [0.2, 0.25) is 0 Å². The van der Waals surface area contributed by atoms with Crippen molar-refractivity contribution in [1.82, 2.24) is 15.1 Å². The van der Waals surface area contributed by atoms with Crippen LogP contribution in [0.25, 0.3) is 0 Å². The van der Waals surface area contributed by atoms with Crippen molar-refractivity contribution in [3.05, 3.63) is 53.9 Å². The lowest BCUT2D eigenvalue weighted by Gasteiger charge is -2.26. The first kappa shape index (κ1) is 14.3. The van der Waals surface area contributed by atoms with Gasteiger partial charge in [-0.15, -0.1) is 0 Å². The standard InChI is InChI=1S/C17H24N4/c18-16-6-8-17(9-7-16)19-10-15-11-20-21(13-15)12-14-4-2-1-3-5-14/h1-5,11,13,16-17,19H,6-10,12,18H2. The number of benzene rings is 1. The van der Waals surface area contributed by atoms with Crippen molar-refractivity contribution in [2.45, 2.75) is 50.9 Å². The van der Waals surface area contributed by atoms with E-state index in [9.17, 15) is 0 Å². The van der Waals surface area contributed by atoms with Crippen LogP contribution in [0.2, 0.25) is 0 Å². The Balaban J connectivity index is 1.49. The van der Waals surface area contributed by atoms with Gasteiger partial charge in [0.1, 0.15) is 0 Å². The van der Waals surface area contributed by atoms with E-state index in [0.29, 0.717) is 12.1 Å². The molecule has 112 valence electrons. The van der Waals surface area contributed by atoms with E-state index in [1.807, 2.05) is 16.9 Å². The maximum absolute atomic E-state index is 5.94. The summed E-state index contributed by atoms with van der Waals surface area (Å²) < 4.78 is 2.00. The molecule has 3 N–H and O–H groups in total. The Labute approximate surface area is 126 Å². The fraction of sp³-hybridized carbons (Fsp3) is 0.471. The van der Waals surface area contributed by atoms with E-state index >= 15 is 0 Å². The third kappa shape index (κ3) is 4.16. The molecule has 0 saturated heterocycles. The van der Waals surface area contributed by atoms with Crippen LogP contribution in [0.4, 0.5) is 0 Å². The molecule has 1 aromatic carbocycles. The highest BCUT2D eigenvalue weighted by molar-refractivity contribution is 5.15. The number of nitrogens with one attached hydrogen (secondary N) is 1. The van der Waals surface area contributed by atoms with Gasteiger partial charge in [-0.3, -0.25) is 4.68 Å². The van der Waals surface area contributed by atoms with Crippen LogP contribution in [0.15, 0.2) is 42.7 Å². The second kappa shape index (κ2) is 6.87. The molecular weight excluding hydrogens is 260 g/mol. The van der Waals surface area contributed by atoms with Crippen LogP contribution < -0.4 is 11.1 Å². The Hall–Kier alpha value is -1.65. The van der Waals surface area contributed by atoms with Crippen molar-refractivity contribution in [1.29, 1.82) is 0 Å². The van der Waals surface area contributed by atoms with Crippen LogP contribution in [0, 0.1) is 0 Å². The highest BCUT2D eigenvalue weighted by atomic mass is 15.3. The van der Waals surface area contributed by atoms with E-state index < -0.39 is 0 Å². The van der Waals surface area contributed by atoms with Gasteiger partial charge in [-0.05, 0) is 31.2 Å². The van der Waals surface area contributed by atoms with Crippen LogP contribution in [0.1, 0.15) is 36.8 Å². The van der Waals surface area contributed by atoms with Crippen LogP contribution in [-0.2, 0) is 13.1 Å². The first-order chi connectivity index (χ1) is 10.3. The molecule has 0 spiro atoms. The Morgan fingerprint density at radius 2 is 1.86 bits per heavy atom. The third-order valence-corrected chi connectivity index (χ3v) is 4.24. The van der Waals surface area contributed by atoms with Crippen LogP contribution in [-0.4, -0.2) is 21.9 Å². The minimum atomic E-state index is 0.414. The minimum Gasteiger partial charge on any atom is -0.328 e. The number of aromatic nitrogens is 2. The van der Waals surface area contributed by atoms with Crippen molar-refractivity contribution in [2.75, 3.05) is 0 Å². The molecule has 0 amide bonds. The van der Waals surface area contributed by atoms with Crippen LogP contribution in [0.3, 0.4) is 0 Å². The smallest absolute Gasteiger partial charge is 0.0659 e. The summed E-state index contributed by atoms with van der Waals surface area (Å²) in [6.45, 7) is 1.73. The molecule has 4 nitrogen and oxygen atoms in total. The molecule has 0 bridgehead atoms. The Morgan fingerprint density at radius 3 is 2.62 bits per heavy atom. The van der Waals surface area contributed by atoms with Crippen LogP contribution in [0.5, 0.6) is 0 Å².